The van der Waals surface area contributed by atoms with Crippen LogP contribution in [0, 0.1) is 24.7 Å². The maximum Gasteiger partial charge on any atom is 0.231 e. The van der Waals surface area contributed by atoms with Gasteiger partial charge in [0.15, 0.2) is 15.7 Å². The second-order valence-corrected chi connectivity index (χ2v) is 17.4. The van der Waals surface area contributed by atoms with Crippen molar-refractivity contribution in [2.45, 2.75) is 94.6 Å². The highest BCUT2D eigenvalue weighted by Gasteiger charge is 2.39. The molecule has 268 valence electrons. The monoisotopic (exact) mass is 703 g/mol. The molecule has 2 amide bonds. The molecule has 0 atom stereocenters. The topological polar surface area (TPSA) is 136 Å². The molecular weight excluding hydrogens is 655 g/mol. The van der Waals surface area contributed by atoms with E-state index in [-0.39, 0.29) is 23.7 Å². The maximum absolute atomic E-state index is 14.4. The molecule has 11 nitrogen and oxygen atoms in total. The molecule has 1 saturated heterocycles. The molecule has 3 aromatic rings. The smallest absolute Gasteiger partial charge is 0.231 e. The molecule has 0 radical (unpaired) electrons. The van der Waals surface area contributed by atoms with Gasteiger partial charge in [-0.25, -0.2) is 18.4 Å². The van der Waals surface area contributed by atoms with Gasteiger partial charge in [-0.2, -0.15) is 0 Å². The van der Waals surface area contributed by atoms with E-state index in [0.717, 1.165) is 98.5 Å². The molecule has 7 rings (SSSR count). The largest absolute Gasteiger partial charge is 0.495 e. The summed E-state index contributed by atoms with van der Waals surface area (Å²) in [6.45, 7) is 3.18. The zero-order valence-corrected chi connectivity index (χ0v) is 30.2. The Labute approximate surface area is 295 Å². The van der Waals surface area contributed by atoms with Gasteiger partial charge < -0.3 is 14.1 Å². The molecule has 4 aliphatic rings. The molecule has 3 aromatic heterocycles. The molecule has 0 aromatic carbocycles. The van der Waals surface area contributed by atoms with E-state index in [0.29, 0.717) is 49.6 Å². The first-order valence-electron chi connectivity index (χ1n) is 18.3. The zero-order valence-electron chi connectivity index (χ0n) is 29.4. The van der Waals surface area contributed by atoms with Crippen LogP contribution in [-0.4, -0.2) is 78.3 Å². The van der Waals surface area contributed by atoms with E-state index in [4.69, 9.17) is 24.1 Å². The van der Waals surface area contributed by atoms with Crippen molar-refractivity contribution in [2.24, 2.45) is 17.8 Å². The SMILES string of the molecule is COc1ccc(C2CCC(CN(C(=O)C3CCC(CC(=O)N4CC(S(C)(=O)=O)C4)CC3)c3cc(-c4coc(C5CC5)n4)ccn3)CC2)nc1C. The van der Waals surface area contributed by atoms with Crippen LogP contribution in [0.25, 0.3) is 11.3 Å². The number of hydrogen-bond donors (Lipinski definition) is 0. The van der Waals surface area contributed by atoms with E-state index in [2.05, 4.69) is 6.07 Å². The van der Waals surface area contributed by atoms with Crippen molar-refractivity contribution in [3.05, 3.63) is 54.0 Å². The molecule has 0 bridgehead atoms. The number of ether oxygens (including phenoxy) is 1. The van der Waals surface area contributed by atoms with Crippen LogP contribution in [0.3, 0.4) is 0 Å². The van der Waals surface area contributed by atoms with Crippen molar-refractivity contribution < 1.29 is 27.2 Å². The average Bonchev–Trinajstić information content (AvgIpc) is 3.82. The Morgan fingerprint density at radius 1 is 0.940 bits per heavy atom. The highest BCUT2D eigenvalue weighted by molar-refractivity contribution is 7.91. The molecule has 0 spiro atoms. The Hall–Kier alpha value is -3.80. The summed E-state index contributed by atoms with van der Waals surface area (Å²) in [6, 6.07) is 7.99. The molecule has 12 heteroatoms. The Morgan fingerprint density at radius 3 is 2.30 bits per heavy atom. The first-order valence-corrected chi connectivity index (χ1v) is 20.2. The van der Waals surface area contributed by atoms with Gasteiger partial charge in [0, 0.05) is 67.5 Å². The zero-order chi connectivity index (χ0) is 35.0. The lowest BCUT2D eigenvalue weighted by molar-refractivity contribution is -0.135. The molecule has 1 aliphatic heterocycles. The normalized spacial score (nSPS) is 24.4. The number of aromatic nitrogens is 3. The number of rotatable bonds is 11. The summed E-state index contributed by atoms with van der Waals surface area (Å²) < 4.78 is 34.8. The number of amides is 2. The minimum atomic E-state index is -3.12. The predicted molar refractivity (Wildman–Crippen MR) is 190 cm³/mol. The van der Waals surface area contributed by atoms with Gasteiger partial charge in [-0.05, 0) is 107 Å². The minimum Gasteiger partial charge on any atom is -0.495 e. The Bertz CT molecular complexity index is 1800. The molecule has 0 unspecified atom stereocenters. The van der Waals surface area contributed by atoms with Crippen LogP contribution in [0.5, 0.6) is 5.75 Å². The summed E-state index contributed by atoms with van der Waals surface area (Å²) in [7, 11) is -1.45. The minimum absolute atomic E-state index is 0.0237. The van der Waals surface area contributed by atoms with Crippen LogP contribution in [-0.2, 0) is 19.4 Å². The van der Waals surface area contributed by atoms with E-state index < -0.39 is 15.1 Å². The third-order valence-electron chi connectivity index (χ3n) is 11.5. The van der Waals surface area contributed by atoms with Crippen LogP contribution in [0.4, 0.5) is 5.82 Å². The quantitative estimate of drug-likeness (QED) is 0.233. The fourth-order valence-corrected chi connectivity index (χ4v) is 8.89. The number of anilines is 1. The molecular formula is C38H49N5O6S. The first kappa shape index (κ1) is 34.6. The lowest BCUT2D eigenvalue weighted by atomic mass is 9.78. The number of carbonyl (C=O) groups is 2. The number of nitrogens with zero attached hydrogens (tertiary/aromatic N) is 5. The third kappa shape index (κ3) is 7.75. The third-order valence-corrected chi connectivity index (χ3v) is 13.0. The summed E-state index contributed by atoms with van der Waals surface area (Å²) in [5, 5.41) is -0.444. The summed E-state index contributed by atoms with van der Waals surface area (Å²) in [6.07, 6.45) is 14.4. The van der Waals surface area contributed by atoms with Gasteiger partial charge in [-0.1, -0.05) is 0 Å². The van der Waals surface area contributed by atoms with Crippen LogP contribution in [0.2, 0.25) is 0 Å². The van der Waals surface area contributed by atoms with Crippen molar-refractivity contribution >= 4 is 27.5 Å². The van der Waals surface area contributed by atoms with Crippen LogP contribution in [0.15, 0.2) is 41.1 Å². The molecule has 4 heterocycles. The van der Waals surface area contributed by atoms with Gasteiger partial charge in [0.25, 0.3) is 0 Å². The number of sulfone groups is 1. The molecule has 3 aliphatic carbocycles. The van der Waals surface area contributed by atoms with E-state index in [9.17, 15) is 18.0 Å². The van der Waals surface area contributed by atoms with Crippen LogP contribution >= 0.6 is 0 Å². The number of carbonyl (C=O) groups excluding carboxylic acids is 2. The van der Waals surface area contributed by atoms with E-state index in [1.807, 2.05) is 30.0 Å². The first-order chi connectivity index (χ1) is 24.1. The number of likely N-dealkylation sites (tertiary alicyclic amines) is 1. The van der Waals surface area contributed by atoms with Gasteiger partial charge in [-0.3, -0.25) is 19.5 Å². The maximum atomic E-state index is 14.4. The van der Waals surface area contributed by atoms with Gasteiger partial charge in [0.2, 0.25) is 11.8 Å². The number of aryl methyl sites for hydroxylation is 1. The Kier molecular flexibility index (Phi) is 10.0. The van der Waals surface area contributed by atoms with Crippen molar-refractivity contribution in [2.75, 3.05) is 37.9 Å². The number of hydrogen-bond acceptors (Lipinski definition) is 9. The van der Waals surface area contributed by atoms with Crippen LogP contribution in [0.1, 0.15) is 99.7 Å². The number of pyridine rings is 2. The Morgan fingerprint density at radius 2 is 1.64 bits per heavy atom. The molecule has 3 saturated carbocycles. The lowest BCUT2D eigenvalue weighted by Gasteiger charge is -2.39. The fraction of sp³-hybridized carbons (Fsp3) is 0.605. The predicted octanol–water partition coefficient (Wildman–Crippen LogP) is 6.08. The highest BCUT2D eigenvalue weighted by Crippen LogP contribution is 2.41. The average molecular weight is 704 g/mol. The van der Waals surface area contributed by atoms with Crippen molar-refractivity contribution in [1.29, 1.82) is 0 Å². The van der Waals surface area contributed by atoms with Crippen molar-refractivity contribution in [3.8, 4) is 17.0 Å². The van der Waals surface area contributed by atoms with Gasteiger partial charge in [0.1, 0.15) is 23.5 Å². The fourth-order valence-electron chi connectivity index (χ4n) is 7.99. The van der Waals surface area contributed by atoms with E-state index >= 15 is 0 Å². The summed E-state index contributed by atoms with van der Waals surface area (Å²) in [5.41, 5.74) is 3.67. The molecule has 0 N–H and O–H groups in total. The van der Waals surface area contributed by atoms with Gasteiger partial charge in [-0.15, -0.1) is 0 Å². The number of methoxy groups -OCH3 is 1. The summed E-state index contributed by atoms with van der Waals surface area (Å²) in [4.78, 5) is 45.2. The summed E-state index contributed by atoms with van der Waals surface area (Å²) in [5.74, 6) is 3.57. The second kappa shape index (κ2) is 14.4. The van der Waals surface area contributed by atoms with E-state index in [1.165, 1.54) is 6.26 Å². The lowest BCUT2D eigenvalue weighted by Crippen LogP contribution is -2.56. The number of oxazole rings is 1. The molecule has 4 fully saturated rings. The van der Waals surface area contributed by atoms with Crippen molar-refractivity contribution in [3.63, 3.8) is 0 Å². The van der Waals surface area contributed by atoms with E-state index in [1.54, 1.807) is 24.5 Å². The Balaban J connectivity index is 1.02. The van der Waals surface area contributed by atoms with Crippen molar-refractivity contribution in [1.82, 2.24) is 19.9 Å². The highest BCUT2D eigenvalue weighted by atomic mass is 32.2. The van der Waals surface area contributed by atoms with Crippen LogP contribution < -0.4 is 9.64 Å². The van der Waals surface area contributed by atoms with Gasteiger partial charge in [0.05, 0.1) is 18.1 Å². The summed E-state index contributed by atoms with van der Waals surface area (Å²) >= 11 is 0. The molecule has 50 heavy (non-hydrogen) atoms. The standard InChI is InChI=1S/C38H49N5O6S/c1-24-34(48-2)15-14-32(40-24)27-8-6-26(7-9-27)20-43(35-19-30(16-17-39-35)33-23-49-37(41-33)28-12-13-28)38(45)29-10-4-25(5-11-29)18-36(44)42-21-31(22-42)50(3,46)47/h14-17,19,23,25-29,31H,4-13,18,20-22H2,1-3H3. The second-order valence-electron chi connectivity index (χ2n) is 15.1. The van der Waals surface area contributed by atoms with Gasteiger partial charge >= 0.3 is 0 Å².